The lowest BCUT2D eigenvalue weighted by atomic mass is 9.78. The molecule has 0 aromatic heterocycles. The third-order valence-electron chi connectivity index (χ3n) is 6.97. The lowest BCUT2D eigenvalue weighted by molar-refractivity contribution is -0.460. The zero-order chi connectivity index (χ0) is 22.5. The lowest BCUT2D eigenvalue weighted by Crippen LogP contribution is -2.71. The van der Waals surface area contributed by atoms with E-state index in [0.29, 0.717) is 0 Å². The van der Waals surface area contributed by atoms with Gasteiger partial charge < -0.3 is 33.2 Å². The minimum atomic E-state index is -2.25. The van der Waals surface area contributed by atoms with Gasteiger partial charge >= 0.3 is 5.97 Å². The Labute approximate surface area is 175 Å². The van der Waals surface area contributed by atoms with Gasteiger partial charge in [-0.3, -0.25) is 0 Å². The van der Waals surface area contributed by atoms with Crippen molar-refractivity contribution in [3.8, 4) is 0 Å². The van der Waals surface area contributed by atoms with Crippen LogP contribution in [0.2, 0.25) is 18.1 Å². The molecular weight excluding hydrogens is 396 g/mol. The van der Waals surface area contributed by atoms with E-state index < -0.39 is 49.8 Å². The maximum absolute atomic E-state index is 12.4. The van der Waals surface area contributed by atoms with Crippen molar-refractivity contribution in [2.75, 3.05) is 21.3 Å². The second kappa shape index (κ2) is 7.85. The average molecular weight is 435 g/mol. The second-order valence-electron chi connectivity index (χ2n) is 9.89. The summed E-state index contributed by atoms with van der Waals surface area (Å²) in [4.78, 5) is 12.4. The summed E-state index contributed by atoms with van der Waals surface area (Å²) in [5.41, 5.74) is -1.73. The number of hydrogen-bond acceptors (Lipinski definition) is 8. The van der Waals surface area contributed by atoms with Gasteiger partial charge in [-0.2, -0.15) is 0 Å². The molecule has 1 heterocycles. The minimum Gasteiger partial charge on any atom is -0.467 e. The van der Waals surface area contributed by atoms with Crippen molar-refractivity contribution >= 4 is 14.3 Å². The molecule has 0 spiro atoms. The molecule has 2 aliphatic rings. The van der Waals surface area contributed by atoms with Gasteiger partial charge in [0.05, 0.1) is 19.3 Å². The average Bonchev–Trinajstić information content (AvgIpc) is 2.61. The van der Waals surface area contributed by atoms with Crippen LogP contribution < -0.4 is 0 Å². The number of ether oxygens (including phenoxy) is 5. The maximum Gasteiger partial charge on any atom is 0.338 e. The van der Waals surface area contributed by atoms with E-state index in [0.717, 1.165) is 0 Å². The van der Waals surface area contributed by atoms with Gasteiger partial charge in [-0.05, 0) is 32.0 Å². The van der Waals surface area contributed by atoms with Crippen molar-refractivity contribution in [2.45, 2.75) is 101 Å². The van der Waals surface area contributed by atoms with Crippen LogP contribution in [0.25, 0.3) is 0 Å². The third-order valence-corrected chi connectivity index (χ3v) is 11.5. The van der Waals surface area contributed by atoms with Crippen molar-refractivity contribution in [3.05, 3.63) is 0 Å². The zero-order valence-corrected chi connectivity index (χ0v) is 20.5. The number of methoxy groups -OCH3 is 3. The molecule has 6 atom stereocenters. The number of hydrogen-bond donors (Lipinski definition) is 1. The number of esters is 1. The van der Waals surface area contributed by atoms with Gasteiger partial charge in [-0.25, -0.2) is 4.79 Å². The van der Waals surface area contributed by atoms with E-state index in [1.165, 1.54) is 21.3 Å². The molecule has 0 amide bonds. The lowest BCUT2D eigenvalue weighted by Gasteiger charge is -2.57. The minimum absolute atomic E-state index is 0.0143. The van der Waals surface area contributed by atoms with Crippen molar-refractivity contribution < 1.29 is 38.0 Å². The first-order valence-electron chi connectivity index (χ1n) is 10.0. The summed E-state index contributed by atoms with van der Waals surface area (Å²) >= 11 is 0. The molecular formula is C20H38O8Si. The standard InChI is InChI=1S/C20H38O8Si/c1-17(2,3)29(9,10)28-14-12-20(22,16(21)23-6)11-13-15(14)27-19(5,25-8)18(4,24-7)26-13/h13-15,22H,11-12H2,1-10H3/t13-,14+,15+,18+,19+,20-/m1/s1. The van der Waals surface area contributed by atoms with Crippen LogP contribution in [-0.2, 0) is 32.9 Å². The summed E-state index contributed by atoms with van der Waals surface area (Å²) in [6, 6.07) is 0. The van der Waals surface area contributed by atoms with Crippen molar-refractivity contribution in [1.29, 1.82) is 0 Å². The highest BCUT2D eigenvalue weighted by molar-refractivity contribution is 6.74. The van der Waals surface area contributed by atoms with Crippen LogP contribution in [0.3, 0.4) is 0 Å². The van der Waals surface area contributed by atoms with Gasteiger partial charge in [-0.15, -0.1) is 0 Å². The topological polar surface area (TPSA) is 92.7 Å². The molecule has 0 aromatic rings. The van der Waals surface area contributed by atoms with E-state index in [2.05, 4.69) is 33.9 Å². The molecule has 1 N–H and O–H groups in total. The van der Waals surface area contributed by atoms with E-state index in [1.807, 2.05) is 0 Å². The van der Waals surface area contributed by atoms with Gasteiger partial charge in [0, 0.05) is 27.1 Å². The maximum atomic E-state index is 12.4. The van der Waals surface area contributed by atoms with E-state index in [-0.39, 0.29) is 17.9 Å². The number of fused-ring (bicyclic) bond motifs is 1. The number of carbonyl (C=O) groups is 1. The molecule has 8 nitrogen and oxygen atoms in total. The first-order valence-corrected chi connectivity index (χ1v) is 12.9. The van der Waals surface area contributed by atoms with E-state index in [4.69, 9.17) is 28.1 Å². The summed E-state index contributed by atoms with van der Waals surface area (Å²) in [6.45, 7) is 14.1. The zero-order valence-electron chi connectivity index (χ0n) is 19.5. The van der Waals surface area contributed by atoms with Crippen LogP contribution in [0.5, 0.6) is 0 Å². The normalized spacial score (nSPS) is 41.0. The second-order valence-corrected chi connectivity index (χ2v) is 14.6. The van der Waals surface area contributed by atoms with E-state index in [1.54, 1.807) is 13.8 Å². The molecule has 1 aliphatic heterocycles. The Morgan fingerprint density at radius 2 is 1.55 bits per heavy atom. The van der Waals surface area contributed by atoms with Crippen molar-refractivity contribution in [1.82, 2.24) is 0 Å². The summed E-state index contributed by atoms with van der Waals surface area (Å²) in [6.07, 6.45) is -1.69. The largest absolute Gasteiger partial charge is 0.467 e. The fourth-order valence-corrected chi connectivity index (χ4v) is 5.06. The Morgan fingerprint density at radius 3 is 2.00 bits per heavy atom. The highest BCUT2D eigenvalue weighted by atomic mass is 28.4. The van der Waals surface area contributed by atoms with Gasteiger partial charge in [0.1, 0.15) is 6.10 Å². The van der Waals surface area contributed by atoms with Crippen LogP contribution in [0.15, 0.2) is 0 Å². The molecule has 2 rings (SSSR count). The van der Waals surface area contributed by atoms with Gasteiger partial charge in [-0.1, -0.05) is 20.8 Å². The van der Waals surface area contributed by atoms with Crippen molar-refractivity contribution in [3.63, 3.8) is 0 Å². The predicted molar refractivity (Wildman–Crippen MR) is 109 cm³/mol. The number of rotatable bonds is 5. The molecule has 170 valence electrons. The number of aliphatic hydroxyl groups is 1. The SMILES string of the molecule is COC(=O)[C@]1(O)C[C@H](O[Si](C)(C)C(C)(C)C)[C@H]2O[C@](C)(OC)[C@@](C)(OC)O[C@@H]2C1. The molecule has 1 saturated heterocycles. The molecule has 0 aromatic carbocycles. The third kappa shape index (κ3) is 4.28. The molecule has 1 aliphatic carbocycles. The molecule has 9 heteroatoms. The van der Waals surface area contributed by atoms with Crippen LogP contribution in [0.4, 0.5) is 0 Å². The molecule has 0 unspecified atom stereocenters. The van der Waals surface area contributed by atoms with Crippen LogP contribution in [-0.4, -0.2) is 76.2 Å². The van der Waals surface area contributed by atoms with Crippen LogP contribution in [0, 0.1) is 0 Å². The monoisotopic (exact) mass is 434 g/mol. The Morgan fingerprint density at radius 1 is 1.03 bits per heavy atom. The van der Waals surface area contributed by atoms with Crippen molar-refractivity contribution in [2.24, 2.45) is 0 Å². The quantitative estimate of drug-likeness (QED) is 0.521. The fraction of sp³-hybridized carbons (Fsp3) is 0.950. The summed E-state index contributed by atoms with van der Waals surface area (Å²) in [5, 5.41) is 11.1. The highest BCUT2D eigenvalue weighted by Gasteiger charge is 2.63. The molecule has 0 bridgehead atoms. The molecule has 0 radical (unpaired) electrons. The Hall–Kier alpha value is -0.553. The fourth-order valence-electron chi connectivity index (χ4n) is 3.73. The molecule has 1 saturated carbocycles. The summed E-state index contributed by atoms with van der Waals surface area (Å²) < 4.78 is 35.3. The number of carbonyl (C=O) groups excluding carboxylic acids is 1. The molecule has 2 fully saturated rings. The Bertz CT molecular complexity index is 620. The Balaban J connectivity index is 2.46. The summed E-state index contributed by atoms with van der Waals surface area (Å²) in [7, 11) is 2.04. The smallest absolute Gasteiger partial charge is 0.338 e. The first-order chi connectivity index (χ1) is 13.1. The van der Waals surface area contributed by atoms with Gasteiger partial charge in [0.15, 0.2) is 13.9 Å². The van der Waals surface area contributed by atoms with Crippen LogP contribution in [0.1, 0.15) is 47.5 Å². The Kier molecular flexibility index (Phi) is 6.69. The van der Waals surface area contributed by atoms with E-state index >= 15 is 0 Å². The van der Waals surface area contributed by atoms with Gasteiger partial charge in [0.2, 0.25) is 11.6 Å². The highest BCUT2D eigenvalue weighted by Crippen LogP contribution is 2.48. The predicted octanol–water partition coefficient (Wildman–Crippen LogP) is 2.58. The summed E-state index contributed by atoms with van der Waals surface area (Å²) in [5.74, 6) is -3.14. The first kappa shape index (κ1) is 24.7. The van der Waals surface area contributed by atoms with Gasteiger partial charge in [0.25, 0.3) is 0 Å². The van der Waals surface area contributed by atoms with Crippen LogP contribution >= 0.6 is 0 Å². The van der Waals surface area contributed by atoms with E-state index in [9.17, 15) is 9.90 Å². The molecule has 29 heavy (non-hydrogen) atoms.